The summed E-state index contributed by atoms with van der Waals surface area (Å²) < 4.78 is 13.3. The van der Waals surface area contributed by atoms with E-state index in [-0.39, 0.29) is 10.7 Å². The predicted molar refractivity (Wildman–Crippen MR) is 51.5 cm³/mol. The Balaban J connectivity index is 2.85. The number of carboxylic acid groups (broad SMARTS) is 1. The number of nitrogens with zero attached hydrogens (tertiary/aromatic N) is 2. The van der Waals surface area contributed by atoms with Gasteiger partial charge < -0.3 is 5.11 Å². The van der Waals surface area contributed by atoms with E-state index in [1.807, 2.05) is 0 Å². The molecule has 2 rings (SSSR count). The second-order valence-corrected chi connectivity index (χ2v) is 3.14. The van der Waals surface area contributed by atoms with Crippen LogP contribution in [0.1, 0.15) is 10.6 Å². The van der Waals surface area contributed by atoms with Crippen molar-refractivity contribution in [3.8, 4) is 0 Å². The van der Waals surface area contributed by atoms with Crippen LogP contribution in [0.15, 0.2) is 18.2 Å². The Hall–Kier alpha value is -1.75. The third kappa shape index (κ3) is 1.61. The molecule has 6 heteroatoms. The molecule has 76 valence electrons. The highest BCUT2D eigenvalue weighted by Crippen LogP contribution is 2.22. The molecule has 15 heavy (non-hydrogen) atoms. The summed E-state index contributed by atoms with van der Waals surface area (Å²) in [7, 11) is 0. The third-order valence-electron chi connectivity index (χ3n) is 1.82. The average Bonchev–Trinajstić information content (AvgIpc) is 2.19. The maximum absolute atomic E-state index is 13.3. The lowest BCUT2D eigenvalue weighted by Crippen LogP contribution is -2.05. The Morgan fingerprint density at radius 1 is 1.40 bits per heavy atom. The van der Waals surface area contributed by atoms with Crippen LogP contribution in [0, 0.1) is 5.82 Å². The number of aromatic carboxylic acids is 1. The number of rotatable bonds is 1. The summed E-state index contributed by atoms with van der Waals surface area (Å²) in [4.78, 5) is 17.7. The summed E-state index contributed by atoms with van der Waals surface area (Å²) in [6, 6.07) is 4.15. The molecule has 1 aromatic heterocycles. The molecular formula is C9H4ClFN2O2. The zero-order valence-corrected chi connectivity index (χ0v) is 7.99. The average molecular weight is 227 g/mol. The summed E-state index contributed by atoms with van der Waals surface area (Å²) in [5, 5.41) is 8.87. The van der Waals surface area contributed by atoms with Gasteiger partial charge in [-0.1, -0.05) is 17.7 Å². The van der Waals surface area contributed by atoms with Gasteiger partial charge in [-0.15, -0.1) is 0 Å². The number of fused-ring (bicyclic) bond motifs is 1. The molecule has 0 aliphatic carbocycles. The molecule has 0 aliphatic heterocycles. The normalized spacial score (nSPS) is 10.5. The SMILES string of the molecule is O=C(O)c1nc(Cl)c2cccc(F)c2n1. The molecule has 4 nitrogen and oxygen atoms in total. The van der Waals surface area contributed by atoms with E-state index in [2.05, 4.69) is 9.97 Å². The van der Waals surface area contributed by atoms with Gasteiger partial charge in [0, 0.05) is 5.39 Å². The maximum atomic E-state index is 13.3. The monoisotopic (exact) mass is 226 g/mol. The lowest BCUT2D eigenvalue weighted by molar-refractivity contribution is 0.0684. The van der Waals surface area contributed by atoms with Crippen LogP contribution < -0.4 is 0 Å². The van der Waals surface area contributed by atoms with E-state index in [4.69, 9.17) is 16.7 Å². The molecule has 2 aromatic rings. The van der Waals surface area contributed by atoms with Gasteiger partial charge in [0.25, 0.3) is 0 Å². The van der Waals surface area contributed by atoms with Crippen molar-refractivity contribution in [1.82, 2.24) is 9.97 Å². The Labute approximate surface area is 88.3 Å². The van der Waals surface area contributed by atoms with Gasteiger partial charge in [-0.05, 0) is 12.1 Å². The Morgan fingerprint density at radius 3 is 2.80 bits per heavy atom. The number of aromatic nitrogens is 2. The number of carboxylic acids is 1. The van der Waals surface area contributed by atoms with Crippen molar-refractivity contribution in [2.45, 2.75) is 0 Å². The first-order valence-electron chi connectivity index (χ1n) is 3.94. The second kappa shape index (κ2) is 3.43. The first-order chi connectivity index (χ1) is 7.09. The van der Waals surface area contributed by atoms with Crippen LogP contribution in [-0.2, 0) is 0 Å². The third-order valence-corrected chi connectivity index (χ3v) is 2.11. The van der Waals surface area contributed by atoms with Gasteiger partial charge >= 0.3 is 5.97 Å². The number of para-hydroxylation sites is 1. The van der Waals surface area contributed by atoms with Crippen LogP contribution in [0.4, 0.5) is 4.39 Å². The van der Waals surface area contributed by atoms with Gasteiger partial charge in [-0.2, -0.15) is 0 Å². The van der Waals surface area contributed by atoms with Crippen molar-refractivity contribution in [3.63, 3.8) is 0 Å². The van der Waals surface area contributed by atoms with Gasteiger partial charge in [-0.25, -0.2) is 19.2 Å². The molecule has 0 bridgehead atoms. The minimum Gasteiger partial charge on any atom is -0.475 e. The summed E-state index contributed by atoms with van der Waals surface area (Å²) in [5.74, 6) is -2.49. The number of halogens is 2. The van der Waals surface area contributed by atoms with E-state index < -0.39 is 17.6 Å². The van der Waals surface area contributed by atoms with Crippen molar-refractivity contribution < 1.29 is 14.3 Å². The smallest absolute Gasteiger partial charge is 0.374 e. The van der Waals surface area contributed by atoms with E-state index in [1.54, 1.807) is 0 Å². The van der Waals surface area contributed by atoms with Gasteiger partial charge in [-0.3, -0.25) is 0 Å². The highest BCUT2D eigenvalue weighted by atomic mass is 35.5. The van der Waals surface area contributed by atoms with Crippen LogP contribution in [0.25, 0.3) is 10.9 Å². The fraction of sp³-hybridized carbons (Fsp3) is 0. The molecule has 0 fully saturated rings. The topological polar surface area (TPSA) is 63.1 Å². The van der Waals surface area contributed by atoms with Crippen LogP contribution in [-0.4, -0.2) is 21.0 Å². The fourth-order valence-electron chi connectivity index (χ4n) is 1.18. The molecule has 0 spiro atoms. The van der Waals surface area contributed by atoms with E-state index in [1.165, 1.54) is 18.2 Å². The number of hydrogen-bond acceptors (Lipinski definition) is 3. The number of benzene rings is 1. The highest BCUT2D eigenvalue weighted by Gasteiger charge is 2.13. The minimum absolute atomic E-state index is 0.0723. The summed E-state index contributed by atoms with van der Waals surface area (Å²) in [6.45, 7) is 0. The largest absolute Gasteiger partial charge is 0.475 e. The van der Waals surface area contributed by atoms with Gasteiger partial charge in [0.05, 0.1) is 0 Å². The first-order valence-corrected chi connectivity index (χ1v) is 4.32. The summed E-state index contributed by atoms with van der Waals surface area (Å²) in [6.07, 6.45) is 0. The van der Waals surface area contributed by atoms with Crippen molar-refractivity contribution in [1.29, 1.82) is 0 Å². The van der Waals surface area contributed by atoms with Gasteiger partial charge in [0.2, 0.25) is 5.82 Å². The van der Waals surface area contributed by atoms with Gasteiger partial charge in [0.1, 0.15) is 16.5 Å². The number of hydrogen-bond donors (Lipinski definition) is 1. The summed E-state index contributed by atoms with van der Waals surface area (Å²) >= 11 is 5.70. The molecule has 0 unspecified atom stereocenters. The molecule has 1 aromatic carbocycles. The zero-order chi connectivity index (χ0) is 11.0. The molecule has 0 saturated carbocycles. The lowest BCUT2D eigenvalue weighted by Gasteiger charge is -2.01. The molecule has 1 N–H and O–H groups in total. The standard InChI is InChI=1S/C9H4ClFN2O2/c10-7-4-2-1-3-5(11)6(4)12-8(13-7)9(14)15/h1-3H,(H,14,15). The molecule has 0 aliphatic rings. The van der Waals surface area contributed by atoms with Crippen molar-refractivity contribution in [3.05, 3.63) is 35.0 Å². The Morgan fingerprint density at radius 2 is 2.13 bits per heavy atom. The molecule has 0 radical (unpaired) electrons. The quantitative estimate of drug-likeness (QED) is 0.757. The van der Waals surface area contributed by atoms with Crippen molar-refractivity contribution in [2.75, 3.05) is 0 Å². The maximum Gasteiger partial charge on any atom is 0.374 e. The highest BCUT2D eigenvalue weighted by molar-refractivity contribution is 6.34. The minimum atomic E-state index is -1.35. The predicted octanol–water partition coefficient (Wildman–Crippen LogP) is 2.12. The van der Waals surface area contributed by atoms with E-state index >= 15 is 0 Å². The van der Waals surface area contributed by atoms with Crippen molar-refractivity contribution >= 4 is 28.5 Å². The van der Waals surface area contributed by atoms with Gasteiger partial charge in [0.15, 0.2) is 0 Å². The molecule has 0 saturated heterocycles. The molecule has 0 amide bonds. The lowest BCUT2D eigenvalue weighted by atomic mass is 10.2. The van der Waals surface area contributed by atoms with Crippen LogP contribution in [0.5, 0.6) is 0 Å². The van der Waals surface area contributed by atoms with Crippen molar-refractivity contribution in [2.24, 2.45) is 0 Å². The van der Waals surface area contributed by atoms with Crippen LogP contribution >= 0.6 is 11.6 Å². The first kappa shape index (κ1) is 9.79. The zero-order valence-electron chi connectivity index (χ0n) is 7.24. The number of carbonyl (C=O) groups is 1. The Bertz CT molecular complexity index is 559. The van der Waals surface area contributed by atoms with Crippen LogP contribution in [0.2, 0.25) is 5.15 Å². The van der Waals surface area contributed by atoms with E-state index in [9.17, 15) is 9.18 Å². The van der Waals surface area contributed by atoms with Crippen LogP contribution in [0.3, 0.4) is 0 Å². The molecule has 1 heterocycles. The fourth-order valence-corrected chi connectivity index (χ4v) is 1.41. The molecular weight excluding hydrogens is 223 g/mol. The van der Waals surface area contributed by atoms with E-state index in [0.29, 0.717) is 5.39 Å². The second-order valence-electron chi connectivity index (χ2n) is 2.78. The Kier molecular flexibility index (Phi) is 2.24. The summed E-state index contributed by atoms with van der Waals surface area (Å²) in [5.41, 5.74) is -0.0881. The van der Waals surface area contributed by atoms with E-state index in [0.717, 1.165) is 0 Å². The molecule has 0 atom stereocenters.